The van der Waals surface area contributed by atoms with E-state index in [0.717, 1.165) is 24.1 Å². The number of hydrogen-bond acceptors (Lipinski definition) is 5. The van der Waals surface area contributed by atoms with Crippen LogP contribution in [0.4, 0.5) is 4.79 Å². The lowest BCUT2D eigenvalue weighted by Crippen LogP contribution is -2.27. The van der Waals surface area contributed by atoms with Crippen molar-refractivity contribution in [3.63, 3.8) is 0 Å². The van der Waals surface area contributed by atoms with Crippen LogP contribution in [-0.2, 0) is 0 Å². The average Bonchev–Trinajstić information content (AvgIpc) is 3.02. The van der Waals surface area contributed by atoms with Crippen LogP contribution in [0, 0.1) is 0 Å². The molecule has 0 saturated carbocycles. The highest BCUT2D eigenvalue weighted by Crippen LogP contribution is 2.21. The van der Waals surface area contributed by atoms with Crippen molar-refractivity contribution in [2.24, 2.45) is 0 Å². The molecule has 2 rings (SSSR count). The average molecular weight is 305 g/mol. The van der Waals surface area contributed by atoms with Gasteiger partial charge in [0.25, 0.3) is 0 Å². The third kappa shape index (κ3) is 5.15. The molecule has 6 heteroatoms. The molecule has 112 valence electrons. The van der Waals surface area contributed by atoms with Crippen LogP contribution >= 0.6 is 11.5 Å². The van der Waals surface area contributed by atoms with E-state index < -0.39 is 6.09 Å². The highest BCUT2D eigenvalue weighted by molar-refractivity contribution is 7.03. The van der Waals surface area contributed by atoms with Gasteiger partial charge in [-0.2, -0.15) is 0 Å². The summed E-state index contributed by atoms with van der Waals surface area (Å²) < 4.78 is 9.03. The van der Waals surface area contributed by atoms with E-state index in [4.69, 9.17) is 4.74 Å². The highest BCUT2D eigenvalue weighted by Gasteiger charge is 2.05. The molecule has 2 aromatic rings. The van der Waals surface area contributed by atoms with E-state index >= 15 is 0 Å². The molecule has 21 heavy (non-hydrogen) atoms. The quantitative estimate of drug-likeness (QED) is 0.789. The van der Waals surface area contributed by atoms with Crippen molar-refractivity contribution in [3.05, 3.63) is 29.6 Å². The summed E-state index contributed by atoms with van der Waals surface area (Å²) in [5.74, 6) is 0.521. The van der Waals surface area contributed by atoms with Crippen molar-refractivity contribution in [1.82, 2.24) is 14.9 Å². The third-order valence-corrected chi connectivity index (χ3v) is 3.52. The summed E-state index contributed by atoms with van der Waals surface area (Å²) >= 11 is 1.31. The van der Waals surface area contributed by atoms with Crippen LogP contribution in [0.1, 0.15) is 32.6 Å². The highest BCUT2D eigenvalue weighted by atomic mass is 32.1. The predicted octanol–water partition coefficient (Wildman–Crippen LogP) is 3.87. The smallest absolute Gasteiger partial charge is 0.410 e. The maximum Gasteiger partial charge on any atom is 0.412 e. The summed E-state index contributed by atoms with van der Waals surface area (Å²) in [6.07, 6.45) is 4.09. The molecule has 0 saturated heterocycles. The number of nitrogens with one attached hydrogen (secondary N) is 1. The molecule has 1 amide bonds. The van der Waals surface area contributed by atoms with Crippen LogP contribution < -0.4 is 10.1 Å². The van der Waals surface area contributed by atoms with Crippen molar-refractivity contribution in [1.29, 1.82) is 0 Å². The van der Waals surface area contributed by atoms with E-state index in [1.807, 2.05) is 17.5 Å². The van der Waals surface area contributed by atoms with Crippen molar-refractivity contribution in [3.8, 4) is 17.0 Å². The van der Waals surface area contributed by atoms with Gasteiger partial charge in [-0.1, -0.05) is 30.7 Å². The van der Waals surface area contributed by atoms with Crippen LogP contribution in [0.25, 0.3) is 11.3 Å². The van der Waals surface area contributed by atoms with Gasteiger partial charge in [0.2, 0.25) is 0 Å². The van der Waals surface area contributed by atoms with Gasteiger partial charge in [0, 0.05) is 17.5 Å². The number of benzene rings is 1. The second kappa shape index (κ2) is 8.36. The normalized spacial score (nSPS) is 10.3. The minimum absolute atomic E-state index is 0.408. The van der Waals surface area contributed by atoms with E-state index in [1.165, 1.54) is 24.4 Å². The minimum atomic E-state index is -0.408. The topological polar surface area (TPSA) is 64.1 Å². The number of unbranched alkanes of at least 4 members (excludes halogenated alkanes) is 3. The molecule has 0 atom stereocenters. The Balaban J connectivity index is 1.76. The zero-order chi connectivity index (χ0) is 14.9. The molecule has 1 aromatic heterocycles. The fraction of sp³-hybridized carbons (Fsp3) is 0.400. The Kier molecular flexibility index (Phi) is 6.15. The van der Waals surface area contributed by atoms with Crippen LogP contribution in [0.15, 0.2) is 29.6 Å². The van der Waals surface area contributed by atoms with E-state index in [0.29, 0.717) is 12.3 Å². The summed E-state index contributed by atoms with van der Waals surface area (Å²) in [4.78, 5) is 11.6. The second-order valence-corrected chi connectivity index (χ2v) is 5.30. The molecule has 0 aliphatic carbocycles. The van der Waals surface area contributed by atoms with E-state index in [-0.39, 0.29) is 0 Å². The minimum Gasteiger partial charge on any atom is -0.410 e. The van der Waals surface area contributed by atoms with E-state index in [9.17, 15) is 4.79 Å². The van der Waals surface area contributed by atoms with Gasteiger partial charge in [-0.3, -0.25) is 0 Å². The number of carbonyl (C=O) groups excluding carboxylic acids is 1. The Bertz CT molecular complexity index is 541. The fourth-order valence-corrected chi connectivity index (χ4v) is 2.33. The number of nitrogens with zero attached hydrogens (tertiary/aromatic N) is 2. The number of aromatic nitrogens is 2. The van der Waals surface area contributed by atoms with Gasteiger partial charge < -0.3 is 10.1 Å². The molecule has 5 nitrogen and oxygen atoms in total. The third-order valence-electron chi connectivity index (χ3n) is 3.02. The van der Waals surface area contributed by atoms with Crippen LogP contribution in [-0.4, -0.2) is 22.2 Å². The van der Waals surface area contributed by atoms with Crippen LogP contribution in [0.3, 0.4) is 0 Å². The zero-order valence-corrected chi connectivity index (χ0v) is 12.9. The van der Waals surface area contributed by atoms with Gasteiger partial charge in [0.05, 0.1) is 0 Å². The summed E-state index contributed by atoms with van der Waals surface area (Å²) in [6, 6.07) is 7.23. The molecule has 0 unspecified atom stereocenters. The van der Waals surface area contributed by atoms with Crippen molar-refractivity contribution < 1.29 is 9.53 Å². The van der Waals surface area contributed by atoms with Crippen molar-refractivity contribution in [2.75, 3.05) is 6.54 Å². The lowest BCUT2D eigenvalue weighted by atomic mass is 10.2. The molecular weight excluding hydrogens is 286 g/mol. The first kappa shape index (κ1) is 15.4. The number of carbonyl (C=O) groups is 1. The maximum atomic E-state index is 11.6. The number of ether oxygens (including phenoxy) is 1. The molecule has 0 aliphatic rings. The van der Waals surface area contributed by atoms with Crippen LogP contribution in [0.5, 0.6) is 5.75 Å². The molecule has 0 bridgehead atoms. The summed E-state index contributed by atoms with van der Waals surface area (Å²) in [7, 11) is 0. The number of rotatable bonds is 7. The van der Waals surface area contributed by atoms with E-state index in [2.05, 4.69) is 21.8 Å². The Hall–Kier alpha value is -1.95. The predicted molar refractivity (Wildman–Crippen MR) is 83.5 cm³/mol. The zero-order valence-electron chi connectivity index (χ0n) is 12.0. The molecule has 1 heterocycles. The summed E-state index contributed by atoms with van der Waals surface area (Å²) in [5, 5.41) is 8.61. The Morgan fingerprint density at radius 1 is 1.24 bits per heavy atom. The Morgan fingerprint density at radius 3 is 2.71 bits per heavy atom. The van der Waals surface area contributed by atoms with Gasteiger partial charge in [-0.05, 0) is 42.2 Å². The first-order valence-electron chi connectivity index (χ1n) is 7.12. The summed E-state index contributed by atoms with van der Waals surface area (Å²) in [5.41, 5.74) is 1.78. The molecule has 0 aliphatic heterocycles. The van der Waals surface area contributed by atoms with Crippen molar-refractivity contribution in [2.45, 2.75) is 32.6 Å². The molecule has 0 spiro atoms. The molecule has 0 radical (unpaired) electrons. The summed E-state index contributed by atoms with van der Waals surface area (Å²) in [6.45, 7) is 2.81. The van der Waals surface area contributed by atoms with Crippen molar-refractivity contribution >= 4 is 17.6 Å². The van der Waals surface area contributed by atoms with Gasteiger partial charge in [-0.15, -0.1) is 5.10 Å². The maximum absolute atomic E-state index is 11.6. The number of hydrogen-bond donors (Lipinski definition) is 1. The van der Waals surface area contributed by atoms with Crippen LogP contribution in [0.2, 0.25) is 0 Å². The second-order valence-electron chi connectivity index (χ2n) is 4.69. The van der Waals surface area contributed by atoms with Gasteiger partial charge in [-0.25, -0.2) is 4.79 Å². The molecular formula is C15H19N3O2S. The Morgan fingerprint density at radius 2 is 2.05 bits per heavy atom. The SMILES string of the molecule is CCCCCCNC(=O)Oc1ccc(-c2csnn2)cc1. The largest absolute Gasteiger partial charge is 0.412 e. The molecule has 1 N–H and O–H groups in total. The van der Waals surface area contributed by atoms with Gasteiger partial charge in [0.15, 0.2) is 0 Å². The van der Waals surface area contributed by atoms with E-state index in [1.54, 1.807) is 12.1 Å². The Labute approximate surface area is 128 Å². The lowest BCUT2D eigenvalue weighted by Gasteiger charge is -2.06. The molecule has 1 aromatic carbocycles. The standard InChI is InChI=1S/C15H19N3O2S/c1-2-3-4-5-10-16-15(19)20-13-8-6-12(7-9-13)14-11-21-18-17-14/h6-9,11H,2-5,10H2,1H3,(H,16,19). The number of amides is 1. The molecule has 0 fully saturated rings. The van der Waals surface area contributed by atoms with Gasteiger partial charge in [0.1, 0.15) is 11.4 Å². The fourth-order valence-electron chi connectivity index (χ4n) is 1.87. The monoisotopic (exact) mass is 305 g/mol. The lowest BCUT2D eigenvalue weighted by molar-refractivity contribution is 0.200. The first-order chi connectivity index (χ1) is 10.3. The van der Waals surface area contributed by atoms with Gasteiger partial charge >= 0.3 is 6.09 Å². The first-order valence-corrected chi connectivity index (χ1v) is 7.96.